The van der Waals surface area contributed by atoms with Crippen LogP contribution in [0.3, 0.4) is 0 Å². The van der Waals surface area contributed by atoms with Crippen LogP contribution in [0.25, 0.3) is 6.08 Å². The zero-order chi connectivity index (χ0) is 21.7. The average Bonchev–Trinajstić information content (AvgIpc) is 2.69. The lowest BCUT2D eigenvalue weighted by Crippen LogP contribution is -2.23. The van der Waals surface area contributed by atoms with Gasteiger partial charge in [-0.3, -0.25) is 0 Å². The molecule has 0 heterocycles. The predicted octanol–water partition coefficient (Wildman–Crippen LogP) is 4.50. The molecule has 0 aliphatic heterocycles. The lowest BCUT2D eigenvalue weighted by Gasteiger charge is -2.08. The second kappa shape index (κ2) is 22.3. The highest BCUT2D eigenvalue weighted by molar-refractivity contribution is 5.57. The van der Waals surface area contributed by atoms with Gasteiger partial charge in [0.15, 0.2) is 0 Å². The summed E-state index contributed by atoms with van der Waals surface area (Å²) in [5.74, 6) is 0.574. The van der Waals surface area contributed by atoms with E-state index in [1.54, 1.807) is 0 Å². The van der Waals surface area contributed by atoms with Crippen molar-refractivity contribution in [2.75, 3.05) is 13.2 Å². The number of hydrogen-bond donors (Lipinski definition) is 3. The lowest BCUT2D eigenvalue weighted by molar-refractivity contribution is -0.109. The third-order valence-corrected chi connectivity index (χ3v) is 3.44. The summed E-state index contributed by atoms with van der Waals surface area (Å²) in [5.41, 5.74) is 13.3. The highest BCUT2D eigenvalue weighted by atomic mass is 16.3. The first-order chi connectivity index (χ1) is 12.9. The van der Waals surface area contributed by atoms with Crippen molar-refractivity contribution in [3.63, 3.8) is 0 Å². The summed E-state index contributed by atoms with van der Waals surface area (Å²) < 4.78 is 0. The molecular weight excluding hydrogens is 336 g/mol. The molecule has 1 aromatic carbocycles. The van der Waals surface area contributed by atoms with E-state index in [-0.39, 0.29) is 12.6 Å². The van der Waals surface area contributed by atoms with E-state index in [1.807, 2.05) is 51.1 Å². The van der Waals surface area contributed by atoms with Crippen molar-refractivity contribution in [3.8, 4) is 0 Å². The Bertz CT molecular complexity index is 499. The minimum atomic E-state index is -0.250. The quantitative estimate of drug-likeness (QED) is 0.481. The second-order valence-corrected chi connectivity index (χ2v) is 5.96. The fourth-order valence-corrected chi connectivity index (χ4v) is 1.72. The number of carbonyl (C=O) groups excluding carboxylic acids is 1. The van der Waals surface area contributed by atoms with Crippen LogP contribution in [0.5, 0.6) is 0 Å². The minimum absolute atomic E-state index is 0.0163. The summed E-state index contributed by atoms with van der Waals surface area (Å²) in [4.78, 5) is 10.0. The molecule has 0 saturated carbocycles. The number of nitrogens with two attached hydrogens (primary N) is 2. The molecule has 4 heteroatoms. The molecule has 2 atom stereocenters. The van der Waals surface area contributed by atoms with Crippen LogP contribution in [0.15, 0.2) is 42.5 Å². The molecule has 1 rings (SSSR count). The van der Waals surface area contributed by atoms with Crippen molar-refractivity contribution >= 4 is 12.4 Å². The Morgan fingerprint density at radius 3 is 2.19 bits per heavy atom. The Balaban J connectivity index is -0.000000359. The number of aryl methyl sites for hydroxylation is 1. The highest BCUT2D eigenvalue weighted by Crippen LogP contribution is 2.09. The van der Waals surface area contributed by atoms with E-state index in [0.717, 1.165) is 36.8 Å². The molecule has 0 aromatic heterocycles. The zero-order valence-electron chi connectivity index (χ0n) is 18.2. The second-order valence-electron chi connectivity index (χ2n) is 5.96. The molecule has 0 radical (unpaired) electrons. The maximum absolute atomic E-state index is 10.0. The summed E-state index contributed by atoms with van der Waals surface area (Å²) in [6.45, 7) is 16.6. The van der Waals surface area contributed by atoms with Gasteiger partial charge in [-0.2, -0.15) is 0 Å². The fourth-order valence-electron chi connectivity index (χ4n) is 1.72. The van der Waals surface area contributed by atoms with Gasteiger partial charge in [0.1, 0.15) is 6.29 Å². The molecule has 0 fully saturated rings. The van der Waals surface area contributed by atoms with E-state index in [0.29, 0.717) is 5.92 Å². The van der Waals surface area contributed by atoms with Crippen molar-refractivity contribution in [1.29, 1.82) is 0 Å². The normalized spacial score (nSPS) is 11.6. The number of aliphatic hydroxyl groups excluding tert-OH is 1. The Labute approximate surface area is 167 Å². The molecule has 0 bridgehead atoms. The topological polar surface area (TPSA) is 89.3 Å². The van der Waals surface area contributed by atoms with Crippen LogP contribution in [0.1, 0.15) is 58.6 Å². The highest BCUT2D eigenvalue weighted by Gasteiger charge is 2.04. The maximum atomic E-state index is 10.0. The first-order valence-electron chi connectivity index (χ1n) is 9.79. The van der Waals surface area contributed by atoms with Crippen LogP contribution in [-0.2, 0) is 4.79 Å². The van der Waals surface area contributed by atoms with E-state index in [1.165, 1.54) is 5.56 Å². The van der Waals surface area contributed by atoms with Gasteiger partial charge in [-0.1, -0.05) is 84.0 Å². The number of hydrogen-bond acceptors (Lipinski definition) is 4. The molecule has 0 spiro atoms. The number of carbonyl (C=O) groups is 1. The lowest BCUT2D eigenvalue weighted by atomic mass is 10.0. The van der Waals surface area contributed by atoms with Crippen molar-refractivity contribution < 1.29 is 9.90 Å². The van der Waals surface area contributed by atoms with Crippen molar-refractivity contribution in [1.82, 2.24) is 0 Å². The van der Waals surface area contributed by atoms with Crippen LogP contribution in [0.4, 0.5) is 0 Å². The van der Waals surface area contributed by atoms with Gasteiger partial charge in [-0.05, 0) is 42.5 Å². The molecular formula is C23H42N2O2. The fraction of sp³-hybridized carbons (Fsp3) is 0.522. The van der Waals surface area contributed by atoms with E-state index < -0.39 is 0 Å². The van der Waals surface area contributed by atoms with E-state index in [9.17, 15) is 4.79 Å². The molecule has 0 amide bonds. The van der Waals surface area contributed by atoms with Crippen LogP contribution in [-0.4, -0.2) is 30.6 Å². The zero-order valence-corrected chi connectivity index (χ0v) is 18.2. The van der Waals surface area contributed by atoms with Gasteiger partial charge in [0.2, 0.25) is 0 Å². The molecule has 0 aliphatic rings. The van der Waals surface area contributed by atoms with Gasteiger partial charge < -0.3 is 21.4 Å². The summed E-state index contributed by atoms with van der Waals surface area (Å²) >= 11 is 0. The smallest absolute Gasteiger partial charge is 0.136 e. The Morgan fingerprint density at radius 2 is 1.78 bits per heavy atom. The average molecular weight is 379 g/mol. The summed E-state index contributed by atoms with van der Waals surface area (Å²) in [7, 11) is 0. The van der Waals surface area contributed by atoms with Crippen LogP contribution < -0.4 is 11.5 Å². The van der Waals surface area contributed by atoms with Crippen LogP contribution in [0.2, 0.25) is 0 Å². The summed E-state index contributed by atoms with van der Waals surface area (Å²) in [5, 5.41) is 8.73. The number of aldehydes is 1. The van der Waals surface area contributed by atoms with Gasteiger partial charge in [0.25, 0.3) is 0 Å². The summed E-state index contributed by atoms with van der Waals surface area (Å²) in [6.07, 6.45) is 6.53. The van der Waals surface area contributed by atoms with Gasteiger partial charge in [-0.15, -0.1) is 0 Å². The Hall–Kier alpha value is -1.75. The van der Waals surface area contributed by atoms with Gasteiger partial charge >= 0.3 is 0 Å². The number of aliphatic hydroxyl groups is 1. The molecule has 0 aliphatic carbocycles. The Kier molecular flexibility index (Phi) is 24.8. The van der Waals surface area contributed by atoms with Gasteiger partial charge in [0, 0.05) is 0 Å². The standard InChI is InChI=1S/C12H14O.C7H15NO.C2H7N.C2H6/c1-10(9-13)7-8-12-6-4-3-5-11(12)2;1-3-6(2)4-7(8)5-9;1-2-3;1-2/h3-8,13H,1,9H2,2H3;5-7H,3-4,8H2,1-2H3;2-3H2,1H3;1-2H3/b8-7-;;;. The van der Waals surface area contributed by atoms with Gasteiger partial charge in [0.05, 0.1) is 12.6 Å². The number of benzene rings is 1. The van der Waals surface area contributed by atoms with Crippen LogP contribution in [0, 0.1) is 12.8 Å². The summed E-state index contributed by atoms with van der Waals surface area (Å²) in [6, 6.07) is 7.85. The predicted molar refractivity (Wildman–Crippen MR) is 121 cm³/mol. The van der Waals surface area contributed by atoms with Crippen molar-refractivity contribution in [2.24, 2.45) is 17.4 Å². The van der Waals surface area contributed by atoms with Crippen LogP contribution >= 0.6 is 0 Å². The molecule has 27 heavy (non-hydrogen) atoms. The largest absolute Gasteiger partial charge is 0.392 e. The SMILES string of the molecule is C=C(/C=C\c1ccccc1C)CO.CC.CCC(C)CC(N)C=O.CCN. The third kappa shape index (κ3) is 20.4. The molecule has 156 valence electrons. The Morgan fingerprint density at radius 1 is 1.26 bits per heavy atom. The van der Waals surface area contributed by atoms with Crippen molar-refractivity contribution in [2.45, 2.75) is 60.4 Å². The maximum Gasteiger partial charge on any atom is 0.136 e. The molecule has 2 unspecified atom stereocenters. The van der Waals surface area contributed by atoms with E-state index in [2.05, 4.69) is 33.4 Å². The molecule has 1 aromatic rings. The first kappa shape index (κ1) is 30.0. The third-order valence-electron chi connectivity index (χ3n) is 3.44. The molecule has 4 nitrogen and oxygen atoms in total. The molecule has 5 N–H and O–H groups in total. The van der Waals surface area contributed by atoms with E-state index in [4.69, 9.17) is 16.6 Å². The number of rotatable bonds is 7. The van der Waals surface area contributed by atoms with Gasteiger partial charge in [-0.25, -0.2) is 0 Å². The first-order valence-corrected chi connectivity index (χ1v) is 9.79. The van der Waals surface area contributed by atoms with Crippen molar-refractivity contribution in [3.05, 3.63) is 53.6 Å². The molecule has 0 saturated heterocycles. The monoisotopic (exact) mass is 378 g/mol. The van der Waals surface area contributed by atoms with E-state index >= 15 is 0 Å². The minimum Gasteiger partial charge on any atom is -0.392 e.